The van der Waals surface area contributed by atoms with E-state index in [1.165, 1.54) is 7.11 Å². The number of nitrogens with zero attached hydrogens (tertiary/aromatic N) is 1. The molecule has 0 saturated carbocycles. The Bertz CT molecular complexity index is 606. The van der Waals surface area contributed by atoms with Gasteiger partial charge < -0.3 is 9.47 Å². The van der Waals surface area contributed by atoms with E-state index in [0.29, 0.717) is 17.1 Å². The number of para-hydroxylation sites is 1. The smallest absolute Gasteiger partial charge is 0.338 e. The molecule has 20 heavy (non-hydrogen) atoms. The summed E-state index contributed by atoms with van der Waals surface area (Å²) in [4.78, 5) is 22.4. The average Bonchev–Trinajstić information content (AvgIpc) is 2.39. The Hall–Kier alpha value is -2.37. The minimum atomic E-state index is -0.652. The van der Waals surface area contributed by atoms with E-state index in [-0.39, 0.29) is 12.1 Å². The van der Waals surface area contributed by atoms with Crippen molar-refractivity contribution in [3.05, 3.63) is 50.8 Å². The Balaban J connectivity index is 2.58. The zero-order chi connectivity index (χ0) is 14.9. The van der Waals surface area contributed by atoms with Crippen LogP contribution >= 0.6 is 0 Å². The lowest BCUT2D eigenvalue weighted by Gasteiger charge is -2.27. The number of hydrogen-bond donors (Lipinski definition) is 0. The Morgan fingerprint density at radius 3 is 2.75 bits per heavy atom. The van der Waals surface area contributed by atoms with E-state index in [4.69, 9.17) is 9.47 Å². The molecule has 1 aromatic rings. The van der Waals surface area contributed by atoms with E-state index in [1.54, 1.807) is 19.1 Å². The van der Waals surface area contributed by atoms with Crippen molar-refractivity contribution in [2.45, 2.75) is 19.8 Å². The third-order valence-electron chi connectivity index (χ3n) is 3.34. The predicted octanol–water partition coefficient (Wildman–Crippen LogP) is 2.19. The van der Waals surface area contributed by atoms with Gasteiger partial charge in [0.15, 0.2) is 0 Å². The highest BCUT2D eigenvalue weighted by Gasteiger charge is 2.36. The maximum Gasteiger partial charge on any atom is 0.338 e. The molecule has 0 spiro atoms. The van der Waals surface area contributed by atoms with Gasteiger partial charge in [0.2, 0.25) is 6.54 Å². The summed E-state index contributed by atoms with van der Waals surface area (Å²) in [7, 11) is 1.25. The maximum absolute atomic E-state index is 11.9. The van der Waals surface area contributed by atoms with E-state index < -0.39 is 16.8 Å². The average molecular weight is 277 g/mol. The molecule has 0 aliphatic carbocycles. The molecular weight excluding hydrogens is 262 g/mol. The Morgan fingerprint density at radius 1 is 1.45 bits per heavy atom. The highest BCUT2D eigenvalue weighted by molar-refractivity contribution is 5.91. The topological polar surface area (TPSA) is 78.7 Å². The molecule has 2 rings (SSSR count). The first-order valence-corrected chi connectivity index (χ1v) is 6.14. The Labute approximate surface area is 116 Å². The number of benzene rings is 1. The fraction of sp³-hybridized carbons (Fsp3) is 0.357. The third kappa shape index (κ3) is 2.36. The lowest BCUT2D eigenvalue weighted by Crippen LogP contribution is -2.26. The van der Waals surface area contributed by atoms with E-state index in [9.17, 15) is 14.9 Å². The van der Waals surface area contributed by atoms with Crippen LogP contribution < -0.4 is 4.74 Å². The van der Waals surface area contributed by atoms with E-state index >= 15 is 0 Å². The molecule has 1 aliphatic heterocycles. The second kappa shape index (κ2) is 5.32. The number of nitro groups is 1. The number of methoxy groups -OCH3 is 1. The summed E-state index contributed by atoms with van der Waals surface area (Å²) in [6.07, 6.45) is 0. The van der Waals surface area contributed by atoms with Gasteiger partial charge in [-0.25, -0.2) is 4.79 Å². The fourth-order valence-corrected chi connectivity index (χ4v) is 2.43. The minimum absolute atomic E-state index is 0.210. The molecule has 1 aromatic carbocycles. The van der Waals surface area contributed by atoms with E-state index in [1.807, 2.05) is 13.0 Å². The summed E-state index contributed by atoms with van der Waals surface area (Å²) in [5.41, 5.74) is 1.73. The van der Waals surface area contributed by atoms with E-state index in [2.05, 4.69) is 0 Å². The predicted molar refractivity (Wildman–Crippen MR) is 71.1 cm³/mol. The van der Waals surface area contributed by atoms with Crippen molar-refractivity contribution in [2.75, 3.05) is 13.7 Å². The summed E-state index contributed by atoms with van der Waals surface area (Å²) in [5, 5.41) is 10.9. The SMILES string of the molecule is COC(=O)C1=C(C)Oc2c(C)cccc2[C@H]1C[N+](=O)[O-]. The highest BCUT2D eigenvalue weighted by atomic mass is 16.6. The fourth-order valence-electron chi connectivity index (χ4n) is 2.43. The minimum Gasteiger partial charge on any atom is -0.466 e. The van der Waals surface area contributed by atoms with Gasteiger partial charge in [-0.2, -0.15) is 0 Å². The van der Waals surface area contributed by atoms with Gasteiger partial charge in [-0.3, -0.25) is 10.1 Å². The number of aryl methyl sites for hydroxylation is 1. The molecule has 0 aromatic heterocycles. The summed E-state index contributed by atoms with van der Waals surface area (Å²) < 4.78 is 10.4. The number of rotatable bonds is 3. The van der Waals surface area contributed by atoms with Crippen LogP contribution in [-0.2, 0) is 9.53 Å². The van der Waals surface area contributed by atoms with Gasteiger partial charge in [-0.15, -0.1) is 0 Å². The van der Waals surface area contributed by atoms with Gasteiger partial charge in [0.25, 0.3) is 0 Å². The number of hydrogen-bond acceptors (Lipinski definition) is 5. The van der Waals surface area contributed by atoms with Crippen molar-refractivity contribution in [2.24, 2.45) is 0 Å². The van der Waals surface area contributed by atoms with Crippen molar-refractivity contribution in [3.63, 3.8) is 0 Å². The van der Waals surface area contributed by atoms with Crippen LogP contribution in [0.4, 0.5) is 0 Å². The first-order valence-electron chi connectivity index (χ1n) is 6.14. The monoisotopic (exact) mass is 277 g/mol. The molecule has 0 N–H and O–H groups in total. The lowest BCUT2D eigenvalue weighted by atomic mass is 9.86. The molecule has 0 saturated heterocycles. The number of fused-ring (bicyclic) bond motifs is 1. The van der Waals surface area contributed by atoms with Crippen LogP contribution in [0.15, 0.2) is 29.5 Å². The molecular formula is C14H15NO5. The van der Waals surface area contributed by atoms with Crippen molar-refractivity contribution >= 4 is 5.97 Å². The molecule has 1 heterocycles. The number of ether oxygens (including phenoxy) is 2. The molecule has 1 aliphatic rings. The van der Waals surface area contributed by atoms with Crippen LogP contribution in [0, 0.1) is 17.0 Å². The van der Waals surface area contributed by atoms with Crippen LogP contribution in [0.5, 0.6) is 5.75 Å². The summed E-state index contributed by atoms with van der Waals surface area (Å²) in [5.74, 6) is -0.308. The van der Waals surface area contributed by atoms with Gasteiger partial charge in [0.05, 0.1) is 18.6 Å². The van der Waals surface area contributed by atoms with Gasteiger partial charge >= 0.3 is 5.97 Å². The molecule has 6 heteroatoms. The molecule has 6 nitrogen and oxygen atoms in total. The summed E-state index contributed by atoms with van der Waals surface area (Å²) in [6, 6.07) is 5.39. The van der Waals surface area contributed by atoms with E-state index in [0.717, 1.165) is 5.56 Å². The molecule has 0 unspecified atom stereocenters. The summed E-state index contributed by atoms with van der Waals surface area (Å²) >= 11 is 0. The van der Waals surface area contributed by atoms with Gasteiger partial charge in [0, 0.05) is 10.5 Å². The number of carbonyl (C=O) groups excluding carboxylic acids is 1. The maximum atomic E-state index is 11.9. The number of esters is 1. The first kappa shape index (κ1) is 14.0. The highest BCUT2D eigenvalue weighted by Crippen LogP contribution is 2.41. The van der Waals surface area contributed by atoms with Gasteiger partial charge in [0.1, 0.15) is 11.5 Å². The zero-order valence-corrected chi connectivity index (χ0v) is 11.5. The first-order chi connectivity index (χ1) is 9.45. The van der Waals surface area contributed by atoms with Gasteiger partial charge in [-0.05, 0) is 19.4 Å². The second-order valence-electron chi connectivity index (χ2n) is 4.62. The van der Waals surface area contributed by atoms with Crippen molar-refractivity contribution in [1.29, 1.82) is 0 Å². The third-order valence-corrected chi connectivity index (χ3v) is 3.34. The van der Waals surface area contributed by atoms with Crippen LogP contribution in [0.3, 0.4) is 0 Å². The van der Waals surface area contributed by atoms with Crippen molar-refractivity contribution in [3.8, 4) is 5.75 Å². The molecule has 0 radical (unpaired) electrons. The van der Waals surface area contributed by atoms with Crippen molar-refractivity contribution in [1.82, 2.24) is 0 Å². The Kier molecular flexibility index (Phi) is 3.74. The van der Waals surface area contributed by atoms with Crippen LogP contribution in [0.1, 0.15) is 24.0 Å². The van der Waals surface area contributed by atoms with Crippen LogP contribution in [-0.4, -0.2) is 24.5 Å². The van der Waals surface area contributed by atoms with Crippen LogP contribution in [0.2, 0.25) is 0 Å². The molecule has 0 fully saturated rings. The quantitative estimate of drug-likeness (QED) is 0.480. The standard InChI is InChI=1S/C14H15NO5/c1-8-5-4-6-10-11(7-15(17)18)12(14(16)19-3)9(2)20-13(8)10/h4-6,11H,7H2,1-3H3/t11-/m1/s1. The lowest BCUT2D eigenvalue weighted by molar-refractivity contribution is -0.482. The number of allylic oxidation sites excluding steroid dienone is 1. The summed E-state index contributed by atoms with van der Waals surface area (Å²) in [6.45, 7) is 3.11. The molecule has 0 amide bonds. The Morgan fingerprint density at radius 2 is 2.15 bits per heavy atom. The molecule has 0 bridgehead atoms. The largest absolute Gasteiger partial charge is 0.466 e. The zero-order valence-electron chi connectivity index (χ0n) is 11.5. The van der Waals surface area contributed by atoms with Crippen LogP contribution in [0.25, 0.3) is 0 Å². The normalized spacial score (nSPS) is 17.2. The second-order valence-corrected chi connectivity index (χ2v) is 4.62. The number of carbonyl (C=O) groups is 1. The molecule has 1 atom stereocenters. The van der Waals surface area contributed by atoms with Gasteiger partial charge in [-0.1, -0.05) is 18.2 Å². The van der Waals surface area contributed by atoms with Crippen molar-refractivity contribution < 1.29 is 19.2 Å². The molecule has 106 valence electrons.